The van der Waals surface area contributed by atoms with Crippen molar-refractivity contribution >= 4 is 46.3 Å². The minimum Gasteiger partial charge on any atom is -0.478 e. The van der Waals surface area contributed by atoms with Crippen LogP contribution < -0.4 is 10.6 Å². The number of rotatable bonds is 10. The molecule has 1 aromatic carbocycles. The van der Waals surface area contributed by atoms with Gasteiger partial charge in [0.25, 0.3) is 5.91 Å². The van der Waals surface area contributed by atoms with Gasteiger partial charge in [-0.05, 0) is 69.8 Å². The number of carboxylic acid groups (broad SMARTS) is 4. The van der Waals surface area contributed by atoms with Gasteiger partial charge in [0, 0.05) is 53.9 Å². The summed E-state index contributed by atoms with van der Waals surface area (Å²) in [6, 6.07) is 10.1. The van der Waals surface area contributed by atoms with E-state index in [4.69, 9.17) is 20.4 Å². The van der Waals surface area contributed by atoms with Crippen molar-refractivity contribution in [3.63, 3.8) is 0 Å². The number of amides is 1. The third kappa shape index (κ3) is 12.4. The third-order valence-corrected chi connectivity index (χ3v) is 7.65. The molecule has 2 heterocycles. The van der Waals surface area contributed by atoms with Gasteiger partial charge >= 0.3 is 23.9 Å². The van der Waals surface area contributed by atoms with Crippen LogP contribution in [-0.4, -0.2) is 96.5 Å². The lowest BCUT2D eigenvalue weighted by molar-refractivity contribution is -0.134. The van der Waals surface area contributed by atoms with Gasteiger partial charge in [-0.3, -0.25) is 10.1 Å². The number of aliphatic carboxylic acids is 4. The highest BCUT2D eigenvalue weighted by atomic mass is 32.1. The summed E-state index contributed by atoms with van der Waals surface area (Å²) in [5.41, 5.74) is 1.95. The number of carboxylic acids is 4. The molecule has 0 radical (unpaired) electrons. The van der Waals surface area contributed by atoms with E-state index in [9.17, 15) is 24.0 Å². The van der Waals surface area contributed by atoms with Crippen LogP contribution in [-0.2, 0) is 19.2 Å². The molecule has 2 atom stereocenters. The average Bonchev–Trinajstić information content (AvgIpc) is 3.91. The van der Waals surface area contributed by atoms with E-state index in [2.05, 4.69) is 31.8 Å². The van der Waals surface area contributed by atoms with E-state index < -0.39 is 23.9 Å². The topological polar surface area (TPSA) is 219 Å². The molecule has 3 fully saturated rings. The fourth-order valence-corrected chi connectivity index (χ4v) is 5.22. The lowest BCUT2D eigenvalue weighted by Crippen LogP contribution is -2.44. The highest BCUT2D eigenvalue weighted by Crippen LogP contribution is 2.42. The van der Waals surface area contributed by atoms with Gasteiger partial charge in [0.15, 0.2) is 0 Å². The fraction of sp³-hybridized carbons (Fsp3) is 0.414. The van der Waals surface area contributed by atoms with E-state index in [1.54, 1.807) is 0 Å². The zero-order chi connectivity index (χ0) is 32.2. The Hall–Kier alpha value is -4.47. The Morgan fingerprint density at radius 3 is 1.91 bits per heavy atom. The predicted molar refractivity (Wildman–Crippen MR) is 160 cm³/mol. The van der Waals surface area contributed by atoms with Crippen molar-refractivity contribution < 1.29 is 44.4 Å². The monoisotopic (exact) mass is 629 g/mol. The molecule has 1 amide bonds. The molecular weight excluding hydrogens is 594 g/mol. The Morgan fingerprint density at radius 2 is 1.43 bits per heavy atom. The van der Waals surface area contributed by atoms with E-state index in [1.165, 1.54) is 62.1 Å². The number of anilines is 1. The van der Waals surface area contributed by atoms with Gasteiger partial charge in [0.2, 0.25) is 5.13 Å². The lowest BCUT2D eigenvalue weighted by atomic mass is 10.0. The SMILES string of the molecule is Cc1nnc(NC(=O)c2cccc(C3CC3NC3CCN(C4CC4)CC3)c2)s1.O=C(O)C=CC(=O)O.O=C(O)C=CC(=O)O. The predicted octanol–water partition coefficient (Wildman–Crippen LogP) is 2.59. The quantitative estimate of drug-likeness (QED) is 0.208. The molecule has 44 heavy (non-hydrogen) atoms. The number of hydrogen-bond donors (Lipinski definition) is 6. The van der Waals surface area contributed by atoms with E-state index in [-0.39, 0.29) is 5.91 Å². The minimum absolute atomic E-state index is 0.115. The average molecular weight is 630 g/mol. The van der Waals surface area contributed by atoms with Crippen molar-refractivity contribution in [1.82, 2.24) is 20.4 Å². The number of piperidine rings is 1. The molecule has 1 saturated heterocycles. The van der Waals surface area contributed by atoms with Gasteiger partial charge in [0.05, 0.1) is 0 Å². The van der Waals surface area contributed by atoms with Crippen molar-refractivity contribution in [1.29, 1.82) is 0 Å². The summed E-state index contributed by atoms with van der Waals surface area (Å²) >= 11 is 1.39. The first kappa shape index (κ1) is 34.0. The zero-order valence-corrected chi connectivity index (χ0v) is 24.8. The number of aromatic nitrogens is 2. The normalized spacial score (nSPS) is 19.8. The minimum atomic E-state index is -1.26. The van der Waals surface area contributed by atoms with Crippen LogP contribution in [0, 0.1) is 6.92 Å². The van der Waals surface area contributed by atoms with Crippen LogP contribution in [0.25, 0.3) is 0 Å². The van der Waals surface area contributed by atoms with Crippen LogP contribution in [0.4, 0.5) is 5.13 Å². The van der Waals surface area contributed by atoms with Gasteiger partial charge in [-0.15, -0.1) is 10.2 Å². The molecule has 5 rings (SSSR count). The summed E-state index contributed by atoms with van der Waals surface area (Å²) in [5, 5.41) is 47.3. The Labute approximate surface area is 257 Å². The highest BCUT2D eigenvalue weighted by molar-refractivity contribution is 7.15. The standard InChI is InChI=1S/C21H27N5OS.2C4H4O4/c1-13-24-25-21(28-13)23-20(27)15-4-2-3-14(11-15)18-12-19(18)22-16-7-9-26(10-8-16)17-5-6-17;2*5-3(6)1-2-4(7)8/h2-4,11,16-19,22H,5-10,12H2,1H3,(H,23,25,27);2*1-2H,(H,5,6)(H,7,8). The van der Waals surface area contributed by atoms with Crippen molar-refractivity contribution in [2.45, 2.75) is 63.1 Å². The zero-order valence-electron chi connectivity index (χ0n) is 24.0. The van der Waals surface area contributed by atoms with Gasteiger partial charge in [-0.1, -0.05) is 23.5 Å². The summed E-state index contributed by atoms with van der Waals surface area (Å²) in [5.74, 6) is -4.62. The van der Waals surface area contributed by atoms with Crippen molar-refractivity contribution in [3.05, 3.63) is 64.7 Å². The van der Waals surface area contributed by atoms with Crippen molar-refractivity contribution in [2.75, 3.05) is 18.4 Å². The van der Waals surface area contributed by atoms with Gasteiger partial charge < -0.3 is 30.6 Å². The molecule has 1 aromatic heterocycles. The number of benzene rings is 1. The lowest BCUT2D eigenvalue weighted by Gasteiger charge is -2.32. The summed E-state index contributed by atoms with van der Waals surface area (Å²) in [7, 11) is 0. The number of likely N-dealkylation sites (tertiary alicyclic amines) is 1. The number of aryl methyl sites for hydroxylation is 1. The number of nitrogens with one attached hydrogen (secondary N) is 2. The second-order valence-electron chi connectivity index (χ2n) is 10.4. The highest BCUT2D eigenvalue weighted by Gasteiger charge is 2.40. The Morgan fingerprint density at radius 1 is 0.864 bits per heavy atom. The van der Waals surface area contributed by atoms with Gasteiger partial charge in [0.1, 0.15) is 5.01 Å². The van der Waals surface area contributed by atoms with E-state index >= 15 is 0 Å². The van der Waals surface area contributed by atoms with Crippen LogP contribution in [0.2, 0.25) is 0 Å². The number of carbonyl (C=O) groups excluding carboxylic acids is 1. The fourth-order valence-electron chi connectivity index (χ4n) is 4.63. The summed E-state index contributed by atoms with van der Waals surface area (Å²) in [6.07, 6.45) is 8.75. The second-order valence-corrected chi connectivity index (χ2v) is 11.6. The van der Waals surface area contributed by atoms with Crippen LogP contribution in [0.1, 0.15) is 59.0 Å². The Balaban J connectivity index is 0.000000275. The maximum absolute atomic E-state index is 12.5. The third-order valence-electron chi connectivity index (χ3n) is 6.89. The molecule has 6 N–H and O–H groups in total. The van der Waals surface area contributed by atoms with Crippen molar-refractivity contribution in [3.8, 4) is 0 Å². The van der Waals surface area contributed by atoms with Crippen molar-refractivity contribution in [2.24, 2.45) is 0 Å². The first-order valence-corrected chi connectivity index (χ1v) is 14.7. The molecule has 2 unspecified atom stereocenters. The first-order chi connectivity index (χ1) is 20.9. The number of nitrogens with zero attached hydrogens (tertiary/aromatic N) is 3. The molecule has 2 aromatic rings. The van der Waals surface area contributed by atoms with Crippen LogP contribution in [0.5, 0.6) is 0 Å². The first-order valence-electron chi connectivity index (χ1n) is 13.9. The molecule has 2 aliphatic carbocycles. The molecule has 1 aliphatic heterocycles. The van der Waals surface area contributed by atoms with Crippen LogP contribution in [0.3, 0.4) is 0 Å². The summed E-state index contributed by atoms with van der Waals surface area (Å²) in [6.45, 7) is 4.38. The molecule has 0 bridgehead atoms. The summed E-state index contributed by atoms with van der Waals surface area (Å²) < 4.78 is 0. The molecular formula is C29H35N5O9S. The Bertz CT molecular complexity index is 1330. The second kappa shape index (κ2) is 16.4. The number of carbonyl (C=O) groups is 5. The van der Waals surface area contributed by atoms with Gasteiger partial charge in [-0.2, -0.15) is 0 Å². The van der Waals surface area contributed by atoms with Crippen LogP contribution >= 0.6 is 11.3 Å². The maximum atomic E-state index is 12.5. The number of hydrogen-bond acceptors (Lipinski definition) is 10. The van der Waals surface area contributed by atoms with Crippen LogP contribution in [0.15, 0.2) is 48.6 Å². The largest absolute Gasteiger partial charge is 0.478 e. The van der Waals surface area contributed by atoms with Gasteiger partial charge in [-0.25, -0.2) is 19.2 Å². The molecule has 15 heteroatoms. The molecule has 0 spiro atoms. The van der Waals surface area contributed by atoms with E-state index in [0.29, 0.717) is 53.0 Å². The maximum Gasteiger partial charge on any atom is 0.328 e. The Kier molecular flexibility index (Phi) is 12.7. The smallest absolute Gasteiger partial charge is 0.328 e. The molecule has 14 nitrogen and oxygen atoms in total. The molecule has 3 aliphatic rings. The summed E-state index contributed by atoms with van der Waals surface area (Å²) in [4.78, 5) is 53.4. The van der Waals surface area contributed by atoms with E-state index in [0.717, 1.165) is 11.0 Å². The molecule has 2 saturated carbocycles. The van der Waals surface area contributed by atoms with E-state index in [1.807, 2.05) is 25.1 Å². The molecule has 236 valence electrons.